The Hall–Kier alpha value is -2.73. The second-order valence-corrected chi connectivity index (χ2v) is 6.68. The van der Waals surface area contributed by atoms with Crippen LogP contribution in [0.4, 0.5) is 4.39 Å². The van der Waals surface area contributed by atoms with Crippen molar-refractivity contribution < 1.29 is 9.18 Å². The van der Waals surface area contributed by atoms with Gasteiger partial charge in [0.15, 0.2) is 0 Å². The Morgan fingerprint density at radius 3 is 2.73 bits per heavy atom. The van der Waals surface area contributed by atoms with E-state index in [0.29, 0.717) is 12.1 Å². The second-order valence-electron chi connectivity index (χ2n) is 6.68. The summed E-state index contributed by atoms with van der Waals surface area (Å²) in [6.07, 6.45) is 0. The molecule has 0 bridgehead atoms. The van der Waals surface area contributed by atoms with Crippen LogP contribution < -0.4 is 5.32 Å². The number of nitrogens with zero attached hydrogens (tertiary/aromatic N) is 3. The van der Waals surface area contributed by atoms with E-state index >= 15 is 0 Å². The highest BCUT2D eigenvalue weighted by atomic mass is 19.1. The number of likely N-dealkylation sites (N-methyl/N-ethyl adjacent to an activating group) is 1. The Labute approximate surface area is 152 Å². The largest absolute Gasteiger partial charge is 0.350 e. The molecule has 0 saturated carbocycles. The molecule has 3 rings (SSSR count). The molecule has 0 radical (unpaired) electrons. The topological polar surface area (TPSA) is 50.2 Å². The van der Waals surface area contributed by atoms with E-state index < -0.39 is 6.04 Å². The van der Waals surface area contributed by atoms with Crippen LogP contribution in [0.15, 0.2) is 42.5 Å². The third-order valence-electron chi connectivity index (χ3n) is 4.56. The van der Waals surface area contributed by atoms with Crippen LogP contribution in [0.5, 0.6) is 0 Å². The van der Waals surface area contributed by atoms with Gasteiger partial charge in [-0.25, -0.2) is 9.37 Å². The maximum atomic E-state index is 13.5. The van der Waals surface area contributed by atoms with Gasteiger partial charge in [0.1, 0.15) is 17.7 Å². The molecule has 0 saturated heterocycles. The Bertz CT molecular complexity index is 948. The summed E-state index contributed by atoms with van der Waals surface area (Å²) in [5.41, 5.74) is 3.57. The molecule has 0 aliphatic carbocycles. The molecule has 5 nitrogen and oxygen atoms in total. The number of rotatable bonds is 5. The maximum absolute atomic E-state index is 13.5. The van der Waals surface area contributed by atoms with E-state index in [2.05, 4.69) is 10.3 Å². The minimum Gasteiger partial charge on any atom is -0.350 e. The molecule has 3 aromatic rings. The van der Waals surface area contributed by atoms with Crippen molar-refractivity contribution in [2.75, 3.05) is 14.1 Å². The molecule has 0 spiro atoms. The number of aryl methyl sites for hydroxylation is 2. The van der Waals surface area contributed by atoms with E-state index in [1.807, 2.05) is 36.7 Å². The summed E-state index contributed by atoms with van der Waals surface area (Å²) in [6.45, 7) is 2.35. The van der Waals surface area contributed by atoms with Gasteiger partial charge in [-0.15, -0.1) is 0 Å². The lowest BCUT2D eigenvalue weighted by atomic mass is 10.0. The number of carbonyl (C=O) groups excluding carboxylic acids is 1. The summed E-state index contributed by atoms with van der Waals surface area (Å²) in [5, 5.41) is 2.95. The van der Waals surface area contributed by atoms with Crippen molar-refractivity contribution in [1.29, 1.82) is 0 Å². The van der Waals surface area contributed by atoms with Gasteiger partial charge in [0.2, 0.25) is 5.91 Å². The minimum atomic E-state index is -0.550. The van der Waals surface area contributed by atoms with E-state index in [1.54, 1.807) is 31.1 Å². The Kier molecular flexibility index (Phi) is 5.04. The number of imidazole rings is 1. The molecule has 136 valence electrons. The fraction of sp³-hybridized carbons (Fsp3) is 0.300. The number of carbonyl (C=O) groups is 1. The molecule has 0 fully saturated rings. The van der Waals surface area contributed by atoms with Crippen LogP contribution in [0.2, 0.25) is 0 Å². The highest BCUT2D eigenvalue weighted by molar-refractivity contribution is 5.83. The molecule has 2 aromatic carbocycles. The number of nitrogens with one attached hydrogen (secondary N) is 1. The molecule has 1 aromatic heterocycles. The zero-order valence-electron chi connectivity index (χ0n) is 15.5. The van der Waals surface area contributed by atoms with Crippen LogP contribution >= 0.6 is 0 Å². The first-order valence-corrected chi connectivity index (χ1v) is 8.48. The van der Waals surface area contributed by atoms with Crippen molar-refractivity contribution in [3.63, 3.8) is 0 Å². The quantitative estimate of drug-likeness (QED) is 0.766. The van der Waals surface area contributed by atoms with Crippen LogP contribution in [-0.4, -0.2) is 34.5 Å². The van der Waals surface area contributed by atoms with Crippen molar-refractivity contribution in [3.05, 3.63) is 65.2 Å². The molecule has 1 heterocycles. The average molecular weight is 354 g/mol. The monoisotopic (exact) mass is 354 g/mol. The fourth-order valence-electron chi connectivity index (χ4n) is 3.12. The van der Waals surface area contributed by atoms with E-state index in [1.165, 1.54) is 12.1 Å². The van der Waals surface area contributed by atoms with Gasteiger partial charge in [0.25, 0.3) is 0 Å². The van der Waals surface area contributed by atoms with Gasteiger partial charge < -0.3 is 9.88 Å². The van der Waals surface area contributed by atoms with Gasteiger partial charge in [0.05, 0.1) is 11.0 Å². The number of hydrogen-bond acceptors (Lipinski definition) is 3. The first kappa shape index (κ1) is 18.1. The molecule has 0 aliphatic heterocycles. The number of benzene rings is 2. The van der Waals surface area contributed by atoms with Crippen LogP contribution in [0, 0.1) is 12.7 Å². The standard InChI is InChI=1S/C20H23FN4O/c1-13-23-17-10-14(8-9-18(17)25(13)4)12-22-20(26)19(24(2)3)15-6-5-7-16(21)11-15/h5-11,19H,12H2,1-4H3,(H,22,26)/t19-/m1/s1. The lowest BCUT2D eigenvalue weighted by molar-refractivity contribution is -0.125. The number of fused-ring (bicyclic) bond motifs is 1. The summed E-state index contributed by atoms with van der Waals surface area (Å²) < 4.78 is 15.6. The zero-order chi connectivity index (χ0) is 18.8. The molecule has 0 unspecified atom stereocenters. The molecule has 1 atom stereocenters. The molecule has 1 amide bonds. The van der Waals surface area contributed by atoms with Crippen molar-refractivity contribution >= 4 is 16.9 Å². The SMILES string of the molecule is Cc1nc2cc(CNC(=O)[C@@H](c3cccc(F)c3)N(C)C)ccc2n1C. The van der Waals surface area contributed by atoms with E-state index in [-0.39, 0.29) is 11.7 Å². The van der Waals surface area contributed by atoms with Crippen LogP contribution in [0.1, 0.15) is 23.0 Å². The van der Waals surface area contributed by atoms with E-state index in [4.69, 9.17) is 0 Å². The summed E-state index contributed by atoms with van der Waals surface area (Å²) in [4.78, 5) is 19.0. The Morgan fingerprint density at radius 1 is 1.27 bits per heavy atom. The Morgan fingerprint density at radius 2 is 2.04 bits per heavy atom. The summed E-state index contributed by atoms with van der Waals surface area (Å²) in [5.74, 6) is 0.427. The number of hydrogen-bond donors (Lipinski definition) is 1. The van der Waals surface area contributed by atoms with Gasteiger partial charge in [-0.1, -0.05) is 18.2 Å². The second kappa shape index (κ2) is 7.25. The zero-order valence-corrected chi connectivity index (χ0v) is 15.5. The number of aromatic nitrogens is 2. The summed E-state index contributed by atoms with van der Waals surface area (Å²) in [6, 6.07) is 11.6. The highest BCUT2D eigenvalue weighted by Crippen LogP contribution is 2.20. The fourth-order valence-corrected chi connectivity index (χ4v) is 3.12. The van der Waals surface area contributed by atoms with E-state index in [0.717, 1.165) is 22.4 Å². The summed E-state index contributed by atoms with van der Waals surface area (Å²) >= 11 is 0. The number of halogens is 1. The van der Waals surface area contributed by atoms with Crippen molar-refractivity contribution in [2.24, 2.45) is 7.05 Å². The molecular formula is C20H23FN4O. The third-order valence-corrected chi connectivity index (χ3v) is 4.56. The van der Waals surface area contributed by atoms with Gasteiger partial charge in [-0.05, 0) is 56.4 Å². The minimum absolute atomic E-state index is 0.169. The smallest absolute Gasteiger partial charge is 0.242 e. The first-order chi connectivity index (χ1) is 12.4. The molecule has 6 heteroatoms. The predicted molar refractivity (Wildman–Crippen MR) is 100 cm³/mol. The van der Waals surface area contributed by atoms with Gasteiger partial charge in [0, 0.05) is 13.6 Å². The van der Waals surface area contributed by atoms with Crippen molar-refractivity contribution in [2.45, 2.75) is 19.5 Å². The molecule has 0 aliphatic rings. The van der Waals surface area contributed by atoms with Crippen LogP contribution in [0.25, 0.3) is 11.0 Å². The first-order valence-electron chi connectivity index (χ1n) is 8.48. The molecule has 26 heavy (non-hydrogen) atoms. The summed E-state index contributed by atoms with van der Waals surface area (Å²) in [7, 11) is 5.59. The predicted octanol–water partition coefficient (Wildman–Crippen LogP) is 2.94. The van der Waals surface area contributed by atoms with Gasteiger partial charge in [-0.2, -0.15) is 0 Å². The van der Waals surface area contributed by atoms with Gasteiger partial charge in [-0.3, -0.25) is 9.69 Å². The maximum Gasteiger partial charge on any atom is 0.242 e. The Balaban J connectivity index is 1.76. The lowest BCUT2D eigenvalue weighted by Crippen LogP contribution is -2.36. The van der Waals surface area contributed by atoms with Crippen molar-refractivity contribution in [1.82, 2.24) is 19.8 Å². The third kappa shape index (κ3) is 3.60. The number of amides is 1. The average Bonchev–Trinajstić information content (AvgIpc) is 2.87. The van der Waals surface area contributed by atoms with Crippen molar-refractivity contribution in [3.8, 4) is 0 Å². The molecular weight excluding hydrogens is 331 g/mol. The van der Waals surface area contributed by atoms with Crippen LogP contribution in [0.3, 0.4) is 0 Å². The van der Waals surface area contributed by atoms with Gasteiger partial charge >= 0.3 is 0 Å². The van der Waals surface area contributed by atoms with Crippen LogP contribution in [-0.2, 0) is 18.4 Å². The van der Waals surface area contributed by atoms with E-state index in [9.17, 15) is 9.18 Å². The lowest BCUT2D eigenvalue weighted by Gasteiger charge is -2.24. The normalized spacial score (nSPS) is 12.5. The highest BCUT2D eigenvalue weighted by Gasteiger charge is 2.23. The molecule has 1 N–H and O–H groups in total.